The van der Waals surface area contributed by atoms with Crippen LogP contribution in [-0.4, -0.2) is 45.0 Å². The summed E-state index contributed by atoms with van der Waals surface area (Å²) in [5.41, 5.74) is 1.08. The Labute approximate surface area is 109 Å². The maximum absolute atomic E-state index is 5.59. The van der Waals surface area contributed by atoms with Crippen LogP contribution in [0.3, 0.4) is 0 Å². The first-order valence-corrected chi connectivity index (χ1v) is 6.55. The van der Waals surface area contributed by atoms with E-state index in [1.165, 1.54) is 6.42 Å². The number of aromatic nitrogens is 1. The number of rotatable bonds is 6. The molecule has 1 aromatic heterocycles. The Morgan fingerprint density at radius 2 is 2.28 bits per heavy atom. The fourth-order valence-corrected chi connectivity index (χ4v) is 2.27. The van der Waals surface area contributed by atoms with Gasteiger partial charge in [-0.2, -0.15) is 0 Å². The van der Waals surface area contributed by atoms with Crippen LogP contribution in [0.4, 0.5) is 5.82 Å². The molecular formula is C14H22N2O2. The fraction of sp³-hybridized carbons (Fsp3) is 0.643. The molecule has 0 unspecified atom stereocenters. The second-order valence-electron chi connectivity index (χ2n) is 4.81. The molecule has 1 fully saturated rings. The minimum atomic E-state index is 0.615. The molecule has 0 bridgehead atoms. The molecule has 1 aliphatic rings. The van der Waals surface area contributed by atoms with Gasteiger partial charge in [0.2, 0.25) is 0 Å². The predicted molar refractivity (Wildman–Crippen MR) is 72.0 cm³/mol. The summed E-state index contributed by atoms with van der Waals surface area (Å²) in [6.07, 6.45) is 1.18. The lowest BCUT2D eigenvalue weighted by Crippen LogP contribution is -2.22. The van der Waals surface area contributed by atoms with Crippen LogP contribution in [0.2, 0.25) is 0 Å². The lowest BCUT2D eigenvalue weighted by molar-refractivity contribution is 0.0549. The number of methoxy groups -OCH3 is 1. The van der Waals surface area contributed by atoms with Gasteiger partial charge >= 0.3 is 0 Å². The highest BCUT2D eigenvalue weighted by Gasteiger charge is 2.23. The van der Waals surface area contributed by atoms with E-state index in [9.17, 15) is 0 Å². The van der Waals surface area contributed by atoms with E-state index in [2.05, 4.69) is 22.0 Å². The minimum absolute atomic E-state index is 0.615. The Balaban J connectivity index is 1.78. The van der Waals surface area contributed by atoms with Crippen LogP contribution in [0, 0.1) is 12.8 Å². The van der Waals surface area contributed by atoms with Crippen LogP contribution in [-0.2, 0) is 9.47 Å². The maximum Gasteiger partial charge on any atom is 0.128 e. The van der Waals surface area contributed by atoms with Gasteiger partial charge in [-0.1, -0.05) is 6.07 Å². The van der Waals surface area contributed by atoms with Crippen LogP contribution < -0.4 is 4.90 Å². The Morgan fingerprint density at radius 1 is 1.39 bits per heavy atom. The first-order valence-electron chi connectivity index (χ1n) is 6.55. The van der Waals surface area contributed by atoms with Crippen molar-refractivity contribution < 1.29 is 9.47 Å². The Hall–Kier alpha value is -1.13. The summed E-state index contributed by atoms with van der Waals surface area (Å²) in [5, 5.41) is 0. The van der Waals surface area contributed by atoms with Gasteiger partial charge in [0.1, 0.15) is 5.82 Å². The van der Waals surface area contributed by atoms with E-state index in [0.29, 0.717) is 19.1 Å². The number of pyridine rings is 1. The summed E-state index contributed by atoms with van der Waals surface area (Å²) in [6.45, 7) is 6.35. The molecule has 18 heavy (non-hydrogen) atoms. The quantitative estimate of drug-likeness (QED) is 0.722. The topological polar surface area (TPSA) is 34.6 Å². The highest BCUT2D eigenvalue weighted by atomic mass is 16.5. The van der Waals surface area contributed by atoms with Gasteiger partial charge in [0, 0.05) is 31.8 Å². The van der Waals surface area contributed by atoms with E-state index in [1.807, 2.05) is 13.0 Å². The fourth-order valence-electron chi connectivity index (χ4n) is 2.27. The highest BCUT2D eigenvalue weighted by Crippen LogP contribution is 2.22. The first-order chi connectivity index (χ1) is 8.79. The van der Waals surface area contributed by atoms with Crippen LogP contribution >= 0.6 is 0 Å². The molecular weight excluding hydrogens is 228 g/mol. The van der Waals surface area contributed by atoms with E-state index in [1.54, 1.807) is 7.11 Å². The SMILES string of the molecule is COCCOC[C@@H]1CCN(c2cccc(C)n2)C1. The molecule has 0 radical (unpaired) electrons. The van der Waals surface area contributed by atoms with Crippen LogP contribution in [0.15, 0.2) is 18.2 Å². The zero-order chi connectivity index (χ0) is 12.8. The van der Waals surface area contributed by atoms with Crippen molar-refractivity contribution in [2.45, 2.75) is 13.3 Å². The van der Waals surface area contributed by atoms with E-state index in [4.69, 9.17) is 9.47 Å². The van der Waals surface area contributed by atoms with Gasteiger partial charge in [-0.15, -0.1) is 0 Å². The minimum Gasteiger partial charge on any atom is -0.382 e. The van der Waals surface area contributed by atoms with Crippen molar-refractivity contribution in [2.75, 3.05) is 44.9 Å². The number of ether oxygens (including phenoxy) is 2. The van der Waals surface area contributed by atoms with Crippen molar-refractivity contribution >= 4 is 5.82 Å². The molecule has 1 saturated heterocycles. The first kappa shape index (κ1) is 13.3. The molecule has 1 atom stereocenters. The third-order valence-corrected chi connectivity index (χ3v) is 3.27. The summed E-state index contributed by atoms with van der Waals surface area (Å²) in [6, 6.07) is 6.19. The van der Waals surface area contributed by atoms with E-state index < -0.39 is 0 Å². The van der Waals surface area contributed by atoms with Gasteiger partial charge in [-0.25, -0.2) is 4.98 Å². The molecule has 2 rings (SSSR count). The van der Waals surface area contributed by atoms with Gasteiger partial charge in [0.25, 0.3) is 0 Å². The van der Waals surface area contributed by atoms with Crippen molar-refractivity contribution in [3.8, 4) is 0 Å². The third-order valence-electron chi connectivity index (χ3n) is 3.27. The average molecular weight is 250 g/mol. The maximum atomic E-state index is 5.59. The number of anilines is 1. The molecule has 1 aliphatic heterocycles. The molecule has 0 aromatic carbocycles. The Kier molecular flexibility index (Phi) is 4.96. The van der Waals surface area contributed by atoms with Crippen LogP contribution in [0.25, 0.3) is 0 Å². The van der Waals surface area contributed by atoms with Gasteiger partial charge in [-0.3, -0.25) is 0 Å². The predicted octanol–water partition coefficient (Wildman–Crippen LogP) is 1.88. The summed E-state index contributed by atoms with van der Waals surface area (Å²) in [5.74, 6) is 1.71. The molecule has 0 aliphatic carbocycles. The molecule has 4 heteroatoms. The average Bonchev–Trinajstić information content (AvgIpc) is 2.83. The molecule has 0 amide bonds. The van der Waals surface area contributed by atoms with Gasteiger partial charge in [-0.05, 0) is 25.5 Å². The number of hydrogen-bond donors (Lipinski definition) is 0. The third kappa shape index (κ3) is 3.68. The standard InChI is InChI=1S/C14H22N2O2/c1-12-4-3-5-14(15-12)16-7-6-13(10-16)11-18-9-8-17-2/h3-5,13H,6-11H2,1-2H3/t13-/m1/s1. The zero-order valence-corrected chi connectivity index (χ0v) is 11.3. The van der Waals surface area contributed by atoms with Gasteiger partial charge in [0.05, 0.1) is 19.8 Å². The van der Waals surface area contributed by atoms with Crippen LogP contribution in [0.5, 0.6) is 0 Å². The monoisotopic (exact) mass is 250 g/mol. The number of nitrogens with zero attached hydrogens (tertiary/aromatic N) is 2. The second-order valence-corrected chi connectivity index (χ2v) is 4.81. The summed E-state index contributed by atoms with van der Waals surface area (Å²) < 4.78 is 10.6. The largest absolute Gasteiger partial charge is 0.382 e. The molecule has 0 saturated carbocycles. The summed E-state index contributed by atoms with van der Waals surface area (Å²) in [7, 11) is 1.70. The molecule has 100 valence electrons. The molecule has 2 heterocycles. The Morgan fingerprint density at radius 3 is 3.06 bits per heavy atom. The Bertz CT molecular complexity index is 371. The van der Waals surface area contributed by atoms with E-state index >= 15 is 0 Å². The lowest BCUT2D eigenvalue weighted by atomic mass is 10.1. The summed E-state index contributed by atoms with van der Waals surface area (Å²) >= 11 is 0. The molecule has 1 aromatic rings. The zero-order valence-electron chi connectivity index (χ0n) is 11.3. The van der Waals surface area contributed by atoms with Crippen molar-refractivity contribution in [1.29, 1.82) is 0 Å². The summed E-state index contributed by atoms with van der Waals surface area (Å²) in [4.78, 5) is 6.91. The number of hydrogen-bond acceptors (Lipinski definition) is 4. The van der Waals surface area contributed by atoms with Crippen molar-refractivity contribution in [3.63, 3.8) is 0 Å². The van der Waals surface area contributed by atoms with Crippen molar-refractivity contribution in [1.82, 2.24) is 4.98 Å². The molecule has 0 spiro atoms. The molecule has 0 N–H and O–H groups in total. The van der Waals surface area contributed by atoms with Crippen molar-refractivity contribution in [3.05, 3.63) is 23.9 Å². The van der Waals surface area contributed by atoms with Gasteiger partial charge in [0.15, 0.2) is 0 Å². The smallest absolute Gasteiger partial charge is 0.128 e. The second kappa shape index (κ2) is 6.71. The van der Waals surface area contributed by atoms with Crippen molar-refractivity contribution in [2.24, 2.45) is 5.92 Å². The molecule has 4 nitrogen and oxygen atoms in total. The highest BCUT2D eigenvalue weighted by molar-refractivity contribution is 5.40. The van der Waals surface area contributed by atoms with Crippen LogP contribution in [0.1, 0.15) is 12.1 Å². The number of aryl methyl sites for hydroxylation is 1. The normalized spacial score (nSPS) is 19.4. The lowest BCUT2D eigenvalue weighted by Gasteiger charge is -2.17. The van der Waals surface area contributed by atoms with E-state index in [-0.39, 0.29) is 0 Å². The van der Waals surface area contributed by atoms with Gasteiger partial charge < -0.3 is 14.4 Å². The van der Waals surface area contributed by atoms with E-state index in [0.717, 1.165) is 31.2 Å².